The van der Waals surface area contributed by atoms with Gasteiger partial charge in [-0.2, -0.15) is 11.8 Å². The Morgan fingerprint density at radius 1 is 1.38 bits per heavy atom. The molecule has 0 aliphatic carbocycles. The molecule has 1 rings (SSSR count). The molecule has 4 heteroatoms. The van der Waals surface area contributed by atoms with Crippen LogP contribution in [0.3, 0.4) is 0 Å². The number of aliphatic hydroxyl groups excluding tert-OH is 1. The van der Waals surface area contributed by atoms with Crippen molar-refractivity contribution in [3.63, 3.8) is 0 Å². The number of benzene rings is 1. The van der Waals surface area contributed by atoms with E-state index in [-0.39, 0.29) is 12.0 Å². The lowest BCUT2D eigenvalue weighted by molar-refractivity contribution is 0.198. The highest BCUT2D eigenvalue weighted by Gasteiger charge is 2.10. The summed E-state index contributed by atoms with van der Waals surface area (Å²) in [5.41, 5.74) is 0.240. The van der Waals surface area contributed by atoms with Gasteiger partial charge in [0, 0.05) is 12.2 Å². The van der Waals surface area contributed by atoms with Gasteiger partial charge in [-0.05, 0) is 35.9 Å². The summed E-state index contributed by atoms with van der Waals surface area (Å²) in [6.07, 6.45) is 0.597. The number of rotatable bonds is 6. The zero-order chi connectivity index (χ0) is 12.0. The monoisotopic (exact) mass is 246 g/mol. The minimum atomic E-state index is -0.618. The Kier molecular flexibility index (Phi) is 5.77. The van der Waals surface area contributed by atoms with Gasteiger partial charge in [0.25, 0.3) is 0 Å². The van der Waals surface area contributed by atoms with E-state index in [2.05, 4.69) is 6.92 Å². The zero-order valence-corrected chi connectivity index (χ0v) is 10.1. The molecule has 0 saturated heterocycles. The number of hydrogen-bond donors (Lipinski definition) is 1. The van der Waals surface area contributed by atoms with Crippen LogP contribution in [0.15, 0.2) is 18.2 Å². The van der Waals surface area contributed by atoms with Crippen LogP contribution in [0.25, 0.3) is 0 Å². The van der Waals surface area contributed by atoms with Crippen molar-refractivity contribution in [1.82, 2.24) is 0 Å². The molecule has 0 bridgehead atoms. The fourth-order valence-electron chi connectivity index (χ4n) is 1.38. The molecular weight excluding hydrogens is 230 g/mol. The van der Waals surface area contributed by atoms with Crippen molar-refractivity contribution in [3.05, 3.63) is 35.4 Å². The average molecular weight is 246 g/mol. The third-order valence-electron chi connectivity index (χ3n) is 2.12. The van der Waals surface area contributed by atoms with Gasteiger partial charge in [-0.1, -0.05) is 6.92 Å². The van der Waals surface area contributed by atoms with Gasteiger partial charge < -0.3 is 5.11 Å². The Hall–Kier alpha value is -0.610. The first-order chi connectivity index (χ1) is 7.63. The Morgan fingerprint density at radius 3 is 2.81 bits per heavy atom. The summed E-state index contributed by atoms with van der Waals surface area (Å²) in [5.74, 6) is 0.609. The smallest absolute Gasteiger partial charge is 0.126 e. The predicted molar refractivity (Wildman–Crippen MR) is 63.7 cm³/mol. The van der Waals surface area contributed by atoms with Crippen LogP contribution in [0.1, 0.15) is 18.9 Å². The maximum absolute atomic E-state index is 13.2. The molecule has 0 radical (unpaired) electrons. The van der Waals surface area contributed by atoms with E-state index in [1.807, 2.05) is 0 Å². The first-order valence-corrected chi connectivity index (χ1v) is 6.48. The summed E-state index contributed by atoms with van der Waals surface area (Å²) >= 11 is 1.62. The average Bonchev–Trinajstić information content (AvgIpc) is 2.24. The lowest BCUT2D eigenvalue weighted by Crippen LogP contribution is -2.15. The Labute approximate surface area is 98.9 Å². The van der Waals surface area contributed by atoms with Crippen LogP contribution in [-0.4, -0.2) is 22.7 Å². The highest BCUT2D eigenvalue weighted by molar-refractivity contribution is 7.99. The summed E-state index contributed by atoms with van der Waals surface area (Å²) in [6, 6.07) is 3.32. The number of halogens is 2. The quantitative estimate of drug-likeness (QED) is 0.779. The van der Waals surface area contributed by atoms with Crippen molar-refractivity contribution < 1.29 is 13.9 Å². The molecule has 16 heavy (non-hydrogen) atoms. The van der Waals surface area contributed by atoms with Crippen LogP contribution in [-0.2, 0) is 6.42 Å². The first kappa shape index (κ1) is 13.5. The molecule has 1 aromatic rings. The molecule has 0 aliphatic heterocycles. The molecule has 0 fully saturated rings. The van der Waals surface area contributed by atoms with Crippen molar-refractivity contribution in [2.75, 3.05) is 11.5 Å². The van der Waals surface area contributed by atoms with E-state index in [0.29, 0.717) is 5.75 Å². The van der Waals surface area contributed by atoms with Gasteiger partial charge in [0.15, 0.2) is 0 Å². The topological polar surface area (TPSA) is 20.2 Å². The second-order valence-corrected chi connectivity index (χ2v) is 4.82. The molecule has 0 spiro atoms. The van der Waals surface area contributed by atoms with Gasteiger partial charge in [-0.15, -0.1) is 0 Å². The van der Waals surface area contributed by atoms with Crippen molar-refractivity contribution in [2.45, 2.75) is 25.9 Å². The second kappa shape index (κ2) is 6.86. The van der Waals surface area contributed by atoms with Crippen molar-refractivity contribution in [3.8, 4) is 0 Å². The third kappa shape index (κ3) is 4.49. The van der Waals surface area contributed by atoms with Crippen LogP contribution in [0, 0.1) is 11.6 Å². The normalized spacial score (nSPS) is 12.8. The van der Waals surface area contributed by atoms with E-state index in [0.717, 1.165) is 30.4 Å². The summed E-state index contributed by atoms with van der Waals surface area (Å²) in [7, 11) is 0. The van der Waals surface area contributed by atoms with Crippen LogP contribution in [0.5, 0.6) is 0 Å². The molecular formula is C12H16F2OS. The number of thioether (sulfide) groups is 1. The van der Waals surface area contributed by atoms with E-state index in [1.165, 1.54) is 0 Å². The van der Waals surface area contributed by atoms with Crippen molar-refractivity contribution in [2.24, 2.45) is 0 Å². The minimum absolute atomic E-state index is 0.167. The molecule has 0 aliphatic rings. The molecule has 1 N–H and O–H groups in total. The Bertz CT molecular complexity index is 331. The second-order valence-electron chi connectivity index (χ2n) is 3.67. The molecule has 0 aromatic heterocycles. The van der Waals surface area contributed by atoms with E-state index in [9.17, 15) is 13.9 Å². The summed E-state index contributed by atoms with van der Waals surface area (Å²) in [6.45, 7) is 2.06. The highest BCUT2D eigenvalue weighted by Crippen LogP contribution is 2.14. The van der Waals surface area contributed by atoms with Crippen molar-refractivity contribution in [1.29, 1.82) is 0 Å². The number of aliphatic hydroxyl groups is 1. The van der Waals surface area contributed by atoms with E-state index < -0.39 is 17.7 Å². The standard InChI is InChI=1S/C12H16F2OS/c1-2-5-16-8-11(15)7-9-6-10(13)3-4-12(9)14/h3-4,6,11,15H,2,5,7-8H2,1H3. The van der Waals surface area contributed by atoms with E-state index in [1.54, 1.807) is 11.8 Å². The first-order valence-electron chi connectivity index (χ1n) is 5.33. The Balaban J connectivity index is 2.48. The molecule has 90 valence electrons. The van der Waals surface area contributed by atoms with Gasteiger partial charge in [0.1, 0.15) is 11.6 Å². The molecule has 1 nitrogen and oxygen atoms in total. The van der Waals surface area contributed by atoms with Gasteiger partial charge in [0.05, 0.1) is 6.10 Å². The highest BCUT2D eigenvalue weighted by atomic mass is 32.2. The lowest BCUT2D eigenvalue weighted by Gasteiger charge is -2.10. The molecule has 1 aromatic carbocycles. The van der Waals surface area contributed by atoms with Crippen LogP contribution >= 0.6 is 11.8 Å². The van der Waals surface area contributed by atoms with E-state index >= 15 is 0 Å². The minimum Gasteiger partial charge on any atom is -0.392 e. The lowest BCUT2D eigenvalue weighted by atomic mass is 10.1. The van der Waals surface area contributed by atoms with Crippen molar-refractivity contribution >= 4 is 11.8 Å². The molecule has 1 atom stereocenters. The largest absolute Gasteiger partial charge is 0.392 e. The van der Waals surface area contributed by atoms with Gasteiger partial charge in [0.2, 0.25) is 0 Å². The Morgan fingerprint density at radius 2 is 2.12 bits per heavy atom. The van der Waals surface area contributed by atoms with Crippen LogP contribution in [0.4, 0.5) is 8.78 Å². The van der Waals surface area contributed by atoms with Crippen LogP contribution < -0.4 is 0 Å². The SMILES string of the molecule is CCCSCC(O)Cc1cc(F)ccc1F. The molecule has 0 heterocycles. The predicted octanol–water partition coefficient (Wildman–Crippen LogP) is 3.01. The summed E-state index contributed by atoms with van der Waals surface area (Å²) < 4.78 is 26.1. The molecule has 0 amide bonds. The summed E-state index contributed by atoms with van der Waals surface area (Å²) in [4.78, 5) is 0. The maximum atomic E-state index is 13.2. The fraction of sp³-hybridized carbons (Fsp3) is 0.500. The van der Waals surface area contributed by atoms with E-state index in [4.69, 9.17) is 0 Å². The fourth-order valence-corrected chi connectivity index (χ4v) is 2.22. The van der Waals surface area contributed by atoms with Gasteiger partial charge >= 0.3 is 0 Å². The molecule has 1 unspecified atom stereocenters. The van der Waals surface area contributed by atoms with Gasteiger partial charge in [-0.3, -0.25) is 0 Å². The maximum Gasteiger partial charge on any atom is 0.126 e. The van der Waals surface area contributed by atoms with Gasteiger partial charge in [-0.25, -0.2) is 8.78 Å². The summed E-state index contributed by atoms with van der Waals surface area (Å²) in [5, 5.41) is 9.63. The molecule has 0 saturated carbocycles. The van der Waals surface area contributed by atoms with Crippen LogP contribution in [0.2, 0.25) is 0 Å². The number of hydrogen-bond acceptors (Lipinski definition) is 2. The third-order valence-corrected chi connectivity index (χ3v) is 3.44. The zero-order valence-electron chi connectivity index (χ0n) is 9.25.